The first-order valence-corrected chi connectivity index (χ1v) is 10.9. The molecule has 1 unspecified atom stereocenters. The molecular weight excluding hydrogens is 317 g/mol. The van der Waals surface area contributed by atoms with Crippen molar-refractivity contribution in [2.45, 2.75) is 38.3 Å². The largest absolute Gasteiger partial charge is 0.416 e. The van der Waals surface area contributed by atoms with E-state index in [0.29, 0.717) is 11.1 Å². The number of rotatable bonds is 3. The van der Waals surface area contributed by atoms with Crippen molar-refractivity contribution in [3.05, 3.63) is 65.2 Å². The first-order chi connectivity index (χ1) is 10.4. The maximum atomic E-state index is 12.6. The number of alkyl halides is 3. The summed E-state index contributed by atoms with van der Waals surface area (Å²) in [6.45, 7) is 8.29. The van der Waals surface area contributed by atoms with Crippen LogP contribution >= 0.6 is 0 Å². The van der Waals surface area contributed by atoms with Gasteiger partial charge in [0.1, 0.15) is 5.60 Å². The van der Waals surface area contributed by atoms with Gasteiger partial charge in [0.15, 0.2) is 0 Å². The molecule has 0 bridgehead atoms. The number of halogens is 3. The Bertz CT molecular complexity index is 606. The number of hydrogen-bond acceptors (Lipinski definition) is 1. The minimum absolute atomic E-state index is 0.436. The van der Waals surface area contributed by atoms with E-state index in [0.717, 1.165) is 12.1 Å². The molecule has 0 saturated carbocycles. The minimum Gasteiger partial charge on any atom is -0.381 e. The van der Waals surface area contributed by atoms with Gasteiger partial charge in [-0.3, -0.25) is 0 Å². The summed E-state index contributed by atoms with van der Waals surface area (Å²) < 4.78 is 37.9. The van der Waals surface area contributed by atoms with Crippen LogP contribution in [0.4, 0.5) is 13.2 Å². The van der Waals surface area contributed by atoms with Crippen molar-refractivity contribution in [2.75, 3.05) is 0 Å². The van der Waals surface area contributed by atoms with Gasteiger partial charge in [-0.2, -0.15) is 13.2 Å². The van der Waals surface area contributed by atoms with Crippen LogP contribution in [-0.4, -0.2) is 13.2 Å². The summed E-state index contributed by atoms with van der Waals surface area (Å²) in [5.41, 5.74) is -0.945. The van der Waals surface area contributed by atoms with E-state index in [2.05, 4.69) is 19.6 Å². The molecule has 0 amide bonds. The Balaban J connectivity index is 2.34. The zero-order valence-electron chi connectivity index (χ0n) is 13.7. The van der Waals surface area contributed by atoms with E-state index in [1.165, 1.54) is 17.3 Å². The van der Waals surface area contributed by atoms with Crippen LogP contribution in [0.15, 0.2) is 48.5 Å². The third-order valence-corrected chi connectivity index (χ3v) is 6.15. The lowest BCUT2D eigenvalue weighted by atomic mass is 9.88. The van der Waals surface area contributed by atoms with Crippen molar-refractivity contribution in [3.63, 3.8) is 0 Å². The minimum atomic E-state index is -4.37. The molecule has 2 rings (SSSR count). The number of benzene rings is 2. The average molecular weight is 338 g/mol. The fraction of sp³-hybridized carbons (Fsp3) is 0.333. The highest BCUT2D eigenvalue weighted by Crippen LogP contribution is 2.33. The van der Waals surface area contributed by atoms with Crippen LogP contribution in [-0.2, 0) is 11.8 Å². The van der Waals surface area contributed by atoms with Crippen LogP contribution in [0.25, 0.3) is 0 Å². The molecule has 0 aliphatic heterocycles. The highest BCUT2D eigenvalue weighted by molar-refractivity contribution is 6.88. The first-order valence-electron chi connectivity index (χ1n) is 7.43. The van der Waals surface area contributed by atoms with Gasteiger partial charge >= 0.3 is 6.18 Å². The number of aliphatic hydroxyl groups is 1. The van der Waals surface area contributed by atoms with Gasteiger partial charge in [-0.25, -0.2) is 0 Å². The molecule has 2 aromatic rings. The van der Waals surface area contributed by atoms with Crippen molar-refractivity contribution in [1.29, 1.82) is 0 Å². The van der Waals surface area contributed by atoms with Gasteiger partial charge in [0.2, 0.25) is 0 Å². The van der Waals surface area contributed by atoms with E-state index in [4.69, 9.17) is 0 Å². The summed E-state index contributed by atoms with van der Waals surface area (Å²) in [5, 5.41) is 12.0. The lowest BCUT2D eigenvalue weighted by Crippen LogP contribution is -2.37. The molecule has 23 heavy (non-hydrogen) atoms. The second kappa shape index (κ2) is 5.80. The molecule has 1 atom stereocenters. The highest BCUT2D eigenvalue weighted by atomic mass is 28.3. The molecule has 2 aromatic carbocycles. The van der Waals surface area contributed by atoms with Gasteiger partial charge in [0, 0.05) is 0 Å². The van der Waals surface area contributed by atoms with Crippen molar-refractivity contribution in [2.24, 2.45) is 0 Å². The quantitative estimate of drug-likeness (QED) is 0.817. The highest BCUT2D eigenvalue weighted by Gasteiger charge is 2.32. The summed E-state index contributed by atoms with van der Waals surface area (Å²) in [7, 11) is -1.43. The summed E-state index contributed by atoms with van der Waals surface area (Å²) in [6.07, 6.45) is -4.37. The van der Waals surface area contributed by atoms with Crippen LogP contribution in [0.5, 0.6) is 0 Å². The average Bonchev–Trinajstić information content (AvgIpc) is 2.46. The second-order valence-corrected chi connectivity index (χ2v) is 12.1. The van der Waals surface area contributed by atoms with Crippen LogP contribution in [0, 0.1) is 0 Å². The molecule has 0 aliphatic carbocycles. The van der Waals surface area contributed by atoms with E-state index in [-0.39, 0.29) is 0 Å². The van der Waals surface area contributed by atoms with Crippen LogP contribution < -0.4 is 5.19 Å². The molecule has 1 nitrogen and oxygen atoms in total. The third-order valence-electron chi connectivity index (χ3n) is 4.09. The Morgan fingerprint density at radius 3 is 1.43 bits per heavy atom. The van der Waals surface area contributed by atoms with E-state index in [1.54, 1.807) is 6.92 Å². The monoisotopic (exact) mass is 338 g/mol. The number of hydrogen-bond donors (Lipinski definition) is 1. The molecule has 5 heteroatoms. The van der Waals surface area contributed by atoms with Crippen molar-refractivity contribution >= 4 is 13.3 Å². The molecule has 0 radical (unpaired) electrons. The zero-order valence-corrected chi connectivity index (χ0v) is 14.7. The lowest BCUT2D eigenvalue weighted by molar-refractivity contribution is -0.137. The Morgan fingerprint density at radius 2 is 1.09 bits per heavy atom. The Hall–Kier alpha value is -1.59. The van der Waals surface area contributed by atoms with Gasteiger partial charge < -0.3 is 5.11 Å². The van der Waals surface area contributed by atoms with E-state index in [1.807, 2.05) is 24.3 Å². The van der Waals surface area contributed by atoms with Crippen LogP contribution in [0.3, 0.4) is 0 Å². The van der Waals surface area contributed by atoms with E-state index in [9.17, 15) is 18.3 Å². The second-order valence-electron chi connectivity index (χ2n) is 6.97. The molecular formula is C18H21F3OSi. The molecule has 1 N–H and O–H groups in total. The normalized spacial score (nSPS) is 15.3. The van der Waals surface area contributed by atoms with Gasteiger partial charge in [-0.15, -0.1) is 0 Å². The lowest BCUT2D eigenvalue weighted by Gasteiger charge is -2.26. The van der Waals surface area contributed by atoms with Crippen LogP contribution in [0.1, 0.15) is 23.6 Å². The molecule has 0 fully saturated rings. The third kappa shape index (κ3) is 3.84. The maximum Gasteiger partial charge on any atom is 0.416 e. The Morgan fingerprint density at radius 1 is 0.739 bits per heavy atom. The molecule has 124 valence electrons. The summed E-state index contributed by atoms with van der Waals surface area (Å²) in [6, 6.07) is 12.4. The zero-order chi connectivity index (χ0) is 17.5. The van der Waals surface area contributed by atoms with Crippen molar-refractivity contribution < 1.29 is 18.3 Å². The Labute approximate surface area is 135 Å². The first kappa shape index (κ1) is 17.8. The van der Waals surface area contributed by atoms with Gasteiger partial charge in [-0.05, 0) is 30.2 Å². The molecule has 0 spiro atoms. The van der Waals surface area contributed by atoms with Crippen molar-refractivity contribution in [1.82, 2.24) is 0 Å². The SMILES string of the molecule is CC(O)(c1ccc(C(F)(F)F)cc1)c1ccc([Si](C)(C)C)cc1. The van der Waals surface area contributed by atoms with Gasteiger partial charge in [0.05, 0.1) is 13.6 Å². The Kier molecular flexibility index (Phi) is 4.48. The van der Waals surface area contributed by atoms with Gasteiger partial charge in [0.25, 0.3) is 0 Å². The molecule has 0 saturated heterocycles. The molecule has 0 heterocycles. The molecule has 0 aromatic heterocycles. The maximum absolute atomic E-state index is 12.6. The predicted octanol–water partition coefficient (Wildman–Crippen LogP) is 4.51. The van der Waals surface area contributed by atoms with Crippen LogP contribution in [0.2, 0.25) is 19.6 Å². The smallest absolute Gasteiger partial charge is 0.381 e. The standard InChI is InChI=1S/C18H21F3OSi/c1-17(22,13-5-7-15(8-6-13)18(19,20)21)14-9-11-16(12-10-14)23(2,3)4/h5-12,22H,1-4H3. The van der Waals surface area contributed by atoms with E-state index < -0.39 is 25.4 Å². The fourth-order valence-corrected chi connectivity index (χ4v) is 3.61. The predicted molar refractivity (Wildman–Crippen MR) is 89.5 cm³/mol. The van der Waals surface area contributed by atoms with Crippen molar-refractivity contribution in [3.8, 4) is 0 Å². The summed E-state index contributed by atoms with van der Waals surface area (Å²) >= 11 is 0. The topological polar surface area (TPSA) is 20.2 Å². The van der Waals surface area contributed by atoms with Gasteiger partial charge in [-0.1, -0.05) is 61.2 Å². The fourth-order valence-electron chi connectivity index (χ4n) is 2.45. The summed E-state index contributed by atoms with van der Waals surface area (Å²) in [5.74, 6) is 0. The summed E-state index contributed by atoms with van der Waals surface area (Å²) in [4.78, 5) is 0. The van der Waals surface area contributed by atoms with E-state index >= 15 is 0 Å². The molecule has 0 aliphatic rings.